The first kappa shape index (κ1) is 15.6. The topological polar surface area (TPSA) is 62.3 Å². The zero-order valence-electron chi connectivity index (χ0n) is 12.9. The van der Waals surface area contributed by atoms with Gasteiger partial charge in [-0.3, -0.25) is 9.59 Å². The van der Waals surface area contributed by atoms with Crippen LogP contribution in [0.3, 0.4) is 0 Å². The molecule has 1 fully saturated rings. The van der Waals surface area contributed by atoms with E-state index >= 15 is 0 Å². The first-order valence-electron chi connectivity index (χ1n) is 7.94. The van der Waals surface area contributed by atoms with E-state index in [1.165, 1.54) is 11.3 Å². The van der Waals surface area contributed by atoms with E-state index in [0.29, 0.717) is 35.2 Å². The Hall–Kier alpha value is -1.92. The molecule has 4 rings (SSSR count). The monoisotopic (exact) mass is 361 g/mol. The van der Waals surface area contributed by atoms with Crippen LogP contribution in [-0.4, -0.2) is 28.2 Å². The number of benzene rings is 1. The third-order valence-corrected chi connectivity index (χ3v) is 5.50. The molecule has 7 heteroatoms. The highest BCUT2D eigenvalue weighted by atomic mass is 35.5. The van der Waals surface area contributed by atoms with E-state index in [-0.39, 0.29) is 17.7 Å². The Morgan fingerprint density at radius 1 is 1.33 bits per heavy atom. The first-order chi connectivity index (χ1) is 11.6. The number of amides is 2. The van der Waals surface area contributed by atoms with Crippen LogP contribution in [-0.2, 0) is 17.8 Å². The van der Waals surface area contributed by atoms with Crippen LogP contribution in [0.2, 0.25) is 5.02 Å². The summed E-state index contributed by atoms with van der Waals surface area (Å²) in [6.45, 7) is 1.15. The van der Waals surface area contributed by atoms with Crippen LogP contribution >= 0.6 is 22.9 Å². The zero-order valence-corrected chi connectivity index (χ0v) is 14.5. The van der Waals surface area contributed by atoms with Crippen molar-refractivity contribution in [3.63, 3.8) is 0 Å². The number of rotatable bonds is 3. The Labute approximate surface area is 148 Å². The van der Waals surface area contributed by atoms with E-state index in [0.717, 1.165) is 23.4 Å². The van der Waals surface area contributed by atoms with Gasteiger partial charge in [0.25, 0.3) is 5.91 Å². The summed E-state index contributed by atoms with van der Waals surface area (Å²) in [4.78, 5) is 31.8. The molecule has 1 aliphatic heterocycles. The summed E-state index contributed by atoms with van der Waals surface area (Å²) in [5, 5.41) is 4.10. The fraction of sp³-hybridized carbons (Fsp3) is 0.353. The van der Waals surface area contributed by atoms with Crippen molar-refractivity contribution in [2.24, 2.45) is 5.92 Å². The summed E-state index contributed by atoms with van der Waals surface area (Å²) in [7, 11) is 0. The van der Waals surface area contributed by atoms with Crippen molar-refractivity contribution in [2.45, 2.75) is 25.8 Å². The molecule has 2 aliphatic rings. The zero-order chi connectivity index (χ0) is 16.7. The second kappa shape index (κ2) is 6.18. The standard InChI is InChI=1S/C17H16ClN3O2S/c18-12-3-1-2-11(8-12)16(23)21-7-6-13-14(9-21)24-17(19-13)20-15(22)10-4-5-10/h1-3,8,10H,4-7,9H2,(H,19,20,22). The molecule has 124 valence electrons. The number of fused-ring (bicyclic) bond motifs is 1. The summed E-state index contributed by atoms with van der Waals surface area (Å²) in [6.07, 6.45) is 2.65. The molecule has 0 radical (unpaired) electrons. The van der Waals surface area contributed by atoms with E-state index < -0.39 is 0 Å². The van der Waals surface area contributed by atoms with Gasteiger partial charge in [0.05, 0.1) is 12.2 Å². The van der Waals surface area contributed by atoms with E-state index in [2.05, 4.69) is 10.3 Å². The van der Waals surface area contributed by atoms with Gasteiger partial charge in [0.2, 0.25) is 5.91 Å². The number of hydrogen-bond donors (Lipinski definition) is 1. The maximum atomic E-state index is 12.6. The maximum Gasteiger partial charge on any atom is 0.254 e. The van der Waals surface area contributed by atoms with Gasteiger partial charge in [0.15, 0.2) is 5.13 Å². The summed E-state index contributed by atoms with van der Waals surface area (Å²) < 4.78 is 0. The minimum atomic E-state index is -0.0277. The SMILES string of the molecule is O=C(Nc1nc2c(s1)CN(C(=O)c1cccc(Cl)c1)CC2)C1CC1. The van der Waals surface area contributed by atoms with E-state index in [9.17, 15) is 9.59 Å². The summed E-state index contributed by atoms with van der Waals surface area (Å²) >= 11 is 7.44. The molecule has 0 unspecified atom stereocenters. The normalized spacial score (nSPS) is 16.6. The van der Waals surface area contributed by atoms with Crippen molar-refractivity contribution in [2.75, 3.05) is 11.9 Å². The van der Waals surface area contributed by atoms with Crippen molar-refractivity contribution >= 4 is 39.9 Å². The lowest BCUT2D eigenvalue weighted by Crippen LogP contribution is -2.35. The predicted octanol–water partition coefficient (Wildman–Crippen LogP) is 3.34. The number of nitrogens with one attached hydrogen (secondary N) is 1. The van der Waals surface area contributed by atoms with Crippen molar-refractivity contribution in [3.8, 4) is 0 Å². The lowest BCUT2D eigenvalue weighted by Gasteiger charge is -2.26. The number of aromatic nitrogens is 1. The van der Waals surface area contributed by atoms with Crippen LogP contribution in [0.15, 0.2) is 24.3 Å². The molecule has 0 atom stereocenters. The van der Waals surface area contributed by atoms with Gasteiger partial charge >= 0.3 is 0 Å². The number of thiazole rings is 1. The molecule has 1 aromatic carbocycles. The smallest absolute Gasteiger partial charge is 0.254 e. The predicted molar refractivity (Wildman–Crippen MR) is 93.4 cm³/mol. The molecule has 1 aliphatic carbocycles. The minimum Gasteiger partial charge on any atom is -0.333 e. The van der Waals surface area contributed by atoms with Gasteiger partial charge in [0, 0.05) is 34.3 Å². The summed E-state index contributed by atoms with van der Waals surface area (Å²) in [6, 6.07) is 7.00. The first-order valence-corrected chi connectivity index (χ1v) is 9.14. The second-order valence-corrected chi connectivity index (χ2v) is 7.66. The lowest BCUT2D eigenvalue weighted by atomic mass is 10.1. The van der Waals surface area contributed by atoms with Gasteiger partial charge in [-0.25, -0.2) is 4.98 Å². The van der Waals surface area contributed by atoms with Crippen LogP contribution in [0, 0.1) is 5.92 Å². The van der Waals surface area contributed by atoms with Gasteiger partial charge in [-0.15, -0.1) is 0 Å². The van der Waals surface area contributed by atoms with Gasteiger partial charge in [0.1, 0.15) is 0 Å². The maximum absolute atomic E-state index is 12.6. The quantitative estimate of drug-likeness (QED) is 0.911. The number of hydrogen-bond acceptors (Lipinski definition) is 4. The molecule has 1 N–H and O–H groups in total. The Morgan fingerprint density at radius 2 is 2.17 bits per heavy atom. The van der Waals surface area contributed by atoms with E-state index in [1.807, 2.05) is 0 Å². The van der Waals surface area contributed by atoms with Gasteiger partial charge < -0.3 is 10.2 Å². The van der Waals surface area contributed by atoms with Crippen molar-refractivity contribution in [1.82, 2.24) is 9.88 Å². The number of carbonyl (C=O) groups is 2. The van der Waals surface area contributed by atoms with Crippen LogP contribution in [0.4, 0.5) is 5.13 Å². The molecule has 0 bridgehead atoms. The number of anilines is 1. The molecular weight excluding hydrogens is 346 g/mol. The molecule has 5 nitrogen and oxygen atoms in total. The van der Waals surface area contributed by atoms with E-state index in [4.69, 9.17) is 11.6 Å². The number of carbonyl (C=O) groups excluding carboxylic acids is 2. The number of halogens is 1. The Kier molecular flexibility index (Phi) is 4.02. The largest absolute Gasteiger partial charge is 0.333 e. The van der Waals surface area contributed by atoms with E-state index in [1.54, 1.807) is 29.2 Å². The fourth-order valence-corrected chi connectivity index (χ4v) is 4.00. The number of nitrogens with zero attached hydrogens (tertiary/aromatic N) is 2. The van der Waals surface area contributed by atoms with Crippen LogP contribution in [0.1, 0.15) is 33.8 Å². The van der Waals surface area contributed by atoms with Gasteiger partial charge in [-0.05, 0) is 31.0 Å². The van der Waals surface area contributed by atoms with Crippen molar-refractivity contribution in [1.29, 1.82) is 0 Å². The molecule has 1 saturated carbocycles. The average molecular weight is 362 g/mol. The summed E-state index contributed by atoms with van der Waals surface area (Å²) in [5.74, 6) is 0.194. The van der Waals surface area contributed by atoms with Gasteiger partial charge in [-0.1, -0.05) is 29.0 Å². The molecular formula is C17H16ClN3O2S. The molecule has 1 aromatic heterocycles. The second-order valence-electron chi connectivity index (χ2n) is 6.14. The van der Waals surface area contributed by atoms with Crippen LogP contribution in [0.25, 0.3) is 0 Å². The Bertz CT molecular complexity index is 816. The van der Waals surface area contributed by atoms with Crippen LogP contribution < -0.4 is 5.32 Å². The lowest BCUT2D eigenvalue weighted by molar-refractivity contribution is -0.117. The average Bonchev–Trinajstić information content (AvgIpc) is 3.34. The van der Waals surface area contributed by atoms with Crippen molar-refractivity contribution in [3.05, 3.63) is 45.4 Å². The highest BCUT2D eigenvalue weighted by molar-refractivity contribution is 7.15. The molecule has 0 spiro atoms. The third kappa shape index (κ3) is 3.16. The highest BCUT2D eigenvalue weighted by Crippen LogP contribution is 2.33. The fourth-order valence-electron chi connectivity index (χ4n) is 2.78. The summed E-state index contributed by atoms with van der Waals surface area (Å²) in [5.41, 5.74) is 1.58. The van der Waals surface area contributed by atoms with Gasteiger partial charge in [-0.2, -0.15) is 0 Å². The molecule has 0 saturated heterocycles. The highest BCUT2D eigenvalue weighted by Gasteiger charge is 2.31. The molecule has 24 heavy (non-hydrogen) atoms. The minimum absolute atomic E-state index is 0.0277. The third-order valence-electron chi connectivity index (χ3n) is 4.27. The Balaban J connectivity index is 1.48. The Morgan fingerprint density at radius 3 is 2.92 bits per heavy atom. The molecule has 2 heterocycles. The van der Waals surface area contributed by atoms with Crippen LogP contribution in [0.5, 0.6) is 0 Å². The molecule has 2 aromatic rings. The molecule has 2 amide bonds. The van der Waals surface area contributed by atoms with Crippen molar-refractivity contribution < 1.29 is 9.59 Å².